The summed E-state index contributed by atoms with van der Waals surface area (Å²) < 4.78 is 0. The second-order valence-corrected chi connectivity index (χ2v) is 7.91. The van der Waals surface area contributed by atoms with Gasteiger partial charge in [-0.15, -0.1) is 11.8 Å². The Balaban J connectivity index is 1.46. The Bertz CT molecular complexity index is 410. The molecule has 3 aliphatic heterocycles. The van der Waals surface area contributed by atoms with Crippen molar-refractivity contribution in [3.63, 3.8) is 0 Å². The highest BCUT2D eigenvalue weighted by atomic mass is 32.2. The van der Waals surface area contributed by atoms with Gasteiger partial charge in [0.15, 0.2) is 0 Å². The lowest BCUT2D eigenvalue weighted by Crippen LogP contribution is -2.50. The highest BCUT2D eigenvalue weighted by Gasteiger charge is 2.34. The van der Waals surface area contributed by atoms with Crippen LogP contribution in [0.2, 0.25) is 0 Å². The van der Waals surface area contributed by atoms with Crippen LogP contribution in [-0.2, 0) is 9.59 Å². The Kier molecular flexibility index (Phi) is 5.29. The summed E-state index contributed by atoms with van der Waals surface area (Å²) in [6.45, 7) is 5.58. The van der Waals surface area contributed by atoms with E-state index < -0.39 is 0 Å². The van der Waals surface area contributed by atoms with E-state index in [2.05, 4.69) is 17.1 Å². The van der Waals surface area contributed by atoms with Gasteiger partial charge in [0.05, 0.1) is 6.04 Å². The van der Waals surface area contributed by atoms with Gasteiger partial charge in [-0.3, -0.25) is 14.9 Å². The topological polar surface area (TPSA) is 52.7 Å². The molecule has 3 rings (SSSR count). The summed E-state index contributed by atoms with van der Waals surface area (Å²) in [6.07, 6.45) is 3.93. The van der Waals surface area contributed by atoms with Gasteiger partial charge in [0, 0.05) is 43.7 Å². The summed E-state index contributed by atoms with van der Waals surface area (Å²) in [5.74, 6) is 3.18. The van der Waals surface area contributed by atoms with Crippen LogP contribution in [0.1, 0.15) is 32.6 Å². The summed E-state index contributed by atoms with van der Waals surface area (Å²) >= 11 is 1.78. The fourth-order valence-corrected chi connectivity index (χ4v) is 4.54. The van der Waals surface area contributed by atoms with Crippen molar-refractivity contribution in [2.45, 2.75) is 38.6 Å². The number of amides is 2. The second kappa shape index (κ2) is 7.21. The van der Waals surface area contributed by atoms with Crippen molar-refractivity contribution in [3.8, 4) is 0 Å². The maximum absolute atomic E-state index is 12.6. The molecular weight excluding hydrogens is 298 g/mol. The van der Waals surface area contributed by atoms with Gasteiger partial charge in [-0.05, 0) is 31.6 Å². The van der Waals surface area contributed by atoms with Crippen LogP contribution in [0.3, 0.4) is 0 Å². The average Bonchev–Trinajstić information content (AvgIpc) is 3.09. The lowest BCUT2D eigenvalue weighted by molar-refractivity contribution is -0.142. The monoisotopic (exact) mass is 325 g/mol. The van der Waals surface area contributed by atoms with Gasteiger partial charge in [-0.25, -0.2) is 0 Å². The van der Waals surface area contributed by atoms with Crippen molar-refractivity contribution in [1.82, 2.24) is 15.1 Å². The summed E-state index contributed by atoms with van der Waals surface area (Å²) in [7, 11) is 0. The van der Waals surface area contributed by atoms with Crippen molar-refractivity contribution < 1.29 is 9.59 Å². The molecule has 0 bridgehead atoms. The van der Waals surface area contributed by atoms with E-state index in [9.17, 15) is 9.59 Å². The molecular formula is C16H27N3O2S. The minimum absolute atomic E-state index is 0.0131. The molecule has 0 spiro atoms. The zero-order valence-corrected chi connectivity index (χ0v) is 14.2. The zero-order valence-electron chi connectivity index (χ0n) is 13.4. The van der Waals surface area contributed by atoms with Gasteiger partial charge in [0.1, 0.15) is 0 Å². The molecule has 5 nitrogen and oxygen atoms in total. The molecule has 3 aliphatic rings. The normalized spacial score (nSPS) is 28.1. The summed E-state index contributed by atoms with van der Waals surface area (Å²) in [5.41, 5.74) is 0. The van der Waals surface area contributed by atoms with Gasteiger partial charge in [0.2, 0.25) is 11.8 Å². The van der Waals surface area contributed by atoms with Crippen LogP contribution in [0.25, 0.3) is 0 Å². The lowest BCUT2D eigenvalue weighted by atomic mass is 9.92. The average molecular weight is 325 g/mol. The number of carbonyl (C=O) groups is 2. The first kappa shape index (κ1) is 16.1. The Morgan fingerprint density at radius 3 is 2.14 bits per heavy atom. The molecule has 3 fully saturated rings. The quantitative estimate of drug-likeness (QED) is 0.827. The molecule has 0 saturated carbocycles. The molecule has 0 aliphatic carbocycles. The third-order valence-corrected chi connectivity index (χ3v) is 6.21. The number of nitrogens with zero attached hydrogens (tertiary/aromatic N) is 2. The van der Waals surface area contributed by atoms with Gasteiger partial charge >= 0.3 is 0 Å². The predicted octanol–water partition coefficient (Wildman–Crippen LogP) is 1.15. The van der Waals surface area contributed by atoms with Crippen molar-refractivity contribution in [1.29, 1.82) is 0 Å². The predicted molar refractivity (Wildman–Crippen MR) is 88.5 cm³/mol. The minimum Gasteiger partial charge on any atom is -0.342 e. The Morgan fingerprint density at radius 2 is 1.55 bits per heavy atom. The first-order chi connectivity index (χ1) is 10.6. The van der Waals surface area contributed by atoms with Crippen molar-refractivity contribution in [3.05, 3.63) is 0 Å². The van der Waals surface area contributed by atoms with E-state index in [1.165, 1.54) is 0 Å². The van der Waals surface area contributed by atoms with E-state index in [1.807, 2.05) is 4.90 Å². The number of rotatable bonds is 2. The minimum atomic E-state index is -0.0131. The molecule has 124 valence electrons. The summed E-state index contributed by atoms with van der Waals surface area (Å²) in [6, 6.07) is -0.0131. The van der Waals surface area contributed by atoms with E-state index in [-0.39, 0.29) is 17.9 Å². The summed E-state index contributed by atoms with van der Waals surface area (Å²) in [5, 5.41) is 3.24. The number of hydrogen-bond acceptors (Lipinski definition) is 4. The van der Waals surface area contributed by atoms with Crippen LogP contribution in [0.4, 0.5) is 0 Å². The largest absolute Gasteiger partial charge is 0.342 e. The van der Waals surface area contributed by atoms with E-state index >= 15 is 0 Å². The smallest absolute Gasteiger partial charge is 0.240 e. The number of carbonyl (C=O) groups excluding carboxylic acids is 2. The number of nitrogens with one attached hydrogen (secondary N) is 1. The van der Waals surface area contributed by atoms with Crippen LogP contribution >= 0.6 is 11.8 Å². The van der Waals surface area contributed by atoms with E-state index in [4.69, 9.17) is 0 Å². The van der Waals surface area contributed by atoms with Gasteiger partial charge in [-0.2, -0.15) is 0 Å². The fourth-order valence-electron chi connectivity index (χ4n) is 3.61. The van der Waals surface area contributed by atoms with E-state index in [1.54, 1.807) is 11.8 Å². The molecule has 6 heteroatoms. The molecule has 0 aromatic rings. The molecule has 0 aromatic heterocycles. The molecule has 0 radical (unpaired) electrons. The Labute approximate surface area is 137 Å². The molecule has 1 atom stereocenters. The zero-order chi connectivity index (χ0) is 15.5. The van der Waals surface area contributed by atoms with Gasteiger partial charge < -0.3 is 9.80 Å². The van der Waals surface area contributed by atoms with Crippen LogP contribution < -0.4 is 5.32 Å². The van der Waals surface area contributed by atoms with Crippen LogP contribution in [0.5, 0.6) is 0 Å². The number of hydrogen-bond donors (Lipinski definition) is 1. The highest BCUT2D eigenvalue weighted by Crippen LogP contribution is 2.24. The van der Waals surface area contributed by atoms with Crippen LogP contribution in [-0.4, -0.2) is 65.5 Å². The molecule has 3 saturated heterocycles. The first-order valence-corrected chi connectivity index (χ1v) is 9.69. The Morgan fingerprint density at radius 1 is 0.955 bits per heavy atom. The van der Waals surface area contributed by atoms with Crippen molar-refractivity contribution in [2.75, 3.05) is 37.8 Å². The third-order valence-electron chi connectivity index (χ3n) is 5.27. The number of likely N-dealkylation sites (tertiary alicyclic amines) is 2. The molecule has 2 amide bonds. The third kappa shape index (κ3) is 3.59. The molecule has 3 heterocycles. The van der Waals surface area contributed by atoms with Gasteiger partial charge in [-0.1, -0.05) is 6.92 Å². The molecule has 1 N–H and O–H groups in total. The van der Waals surface area contributed by atoms with Crippen LogP contribution in [0.15, 0.2) is 0 Å². The Hall–Kier alpha value is -0.750. The summed E-state index contributed by atoms with van der Waals surface area (Å²) in [4.78, 5) is 29.0. The highest BCUT2D eigenvalue weighted by molar-refractivity contribution is 7.99. The van der Waals surface area contributed by atoms with E-state index in [0.29, 0.717) is 5.91 Å². The lowest BCUT2D eigenvalue weighted by Gasteiger charge is -2.37. The molecule has 22 heavy (non-hydrogen) atoms. The standard InChI is InChI=1S/C16H27N3O2S/c1-12-2-6-18(7-3-12)15(20)13-4-8-19(9-5-13)16(21)14-10-22-11-17-14/h12-14,17H,2-11H2,1H3. The SMILES string of the molecule is CC1CCN(C(=O)C2CCN(C(=O)C3CSCN3)CC2)CC1. The van der Waals surface area contributed by atoms with Gasteiger partial charge in [0.25, 0.3) is 0 Å². The maximum Gasteiger partial charge on any atom is 0.240 e. The number of piperidine rings is 2. The van der Waals surface area contributed by atoms with Crippen LogP contribution in [0, 0.1) is 11.8 Å². The fraction of sp³-hybridized carbons (Fsp3) is 0.875. The first-order valence-electron chi connectivity index (χ1n) is 8.54. The number of thioether (sulfide) groups is 1. The molecule has 1 unspecified atom stereocenters. The molecule has 0 aromatic carbocycles. The van der Waals surface area contributed by atoms with Crippen molar-refractivity contribution >= 4 is 23.6 Å². The van der Waals surface area contributed by atoms with Crippen molar-refractivity contribution in [2.24, 2.45) is 11.8 Å². The van der Waals surface area contributed by atoms with E-state index in [0.717, 1.165) is 69.4 Å². The maximum atomic E-state index is 12.6. The second-order valence-electron chi connectivity index (χ2n) is 6.88.